The first-order chi connectivity index (χ1) is 10.0. The minimum Gasteiger partial charge on any atom is -0.496 e. The fourth-order valence-corrected chi connectivity index (χ4v) is 1.84. The summed E-state index contributed by atoms with van der Waals surface area (Å²) in [6, 6.07) is 8.20. The highest BCUT2D eigenvalue weighted by Crippen LogP contribution is 2.26. The molecule has 2 aromatic rings. The molecular weight excluding hydrogens is 301 g/mol. The number of methoxy groups -OCH3 is 1. The summed E-state index contributed by atoms with van der Waals surface area (Å²) in [6.07, 6.45) is 0. The Kier molecular flexibility index (Phi) is 4.59. The first kappa shape index (κ1) is 15.1. The summed E-state index contributed by atoms with van der Waals surface area (Å²) in [4.78, 5) is 10.3. The van der Waals surface area contributed by atoms with Gasteiger partial charge in [-0.05, 0) is 18.2 Å². The Morgan fingerprint density at radius 3 is 2.67 bits per heavy atom. The number of non-ortho nitro benzene ring substituents is 1. The van der Waals surface area contributed by atoms with Crippen molar-refractivity contribution in [3.63, 3.8) is 0 Å². The lowest BCUT2D eigenvalue weighted by molar-refractivity contribution is -0.385. The van der Waals surface area contributed by atoms with Gasteiger partial charge in [-0.2, -0.15) is 0 Å². The molecule has 2 rings (SSSR count). The average Bonchev–Trinajstić information content (AvgIpc) is 2.48. The fourth-order valence-electron chi connectivity index (χ4n) is 1.72. The Bertz CT molecular complexity index is 678. The van der Waals surface area contributed by atoms with Gasteiger partial charge in [-0.15, -0.1) is 0 Å². The smallest absolute Gasteiger partial charge is 0.270 e. The average molecular weight is 312 g/mol. The van der Waals surface area contributed by atoms with Gasteiger partial charge >= 0.3 is 0 Å². The van der Waals surface area contributed by atoms with E-state index in [1.165, 1.54) is 37.4 Å². The molecule has 5 nitrogen and oxygen atoms in total. The van der Waals surface area contributed by atoms with E-state index in [2.05, 4.69) is 0 Å². The first-order valence-corrected chi connectivity index (χ1v) is 6.28. The van der Waals surface area contributed by atoms with E-state index in [1.54, 1.807) is 0 Å². The van der Waals surface area contributed by atoms with Gasteiger partial charge in [0, 0.05) is 23.8 Å². The number of ether oxygens (including phenoxy) is 2. The predicted octanol–water partition coefficient (Wildman–Crippen LogP) is 3.97. The van der Waals surface area contributed by atoms with Gasteiger partial charge in [-0.3, -0.25) is 10.1 Å². The van der Waals surface area contributed by atoms with Crippen LogP contribution in [0.2, 0.25) is 5.02 Å². The third-order valence-corrected chi connectivity index (χ3v) is 3.07. The Morgan fingerprint density at radius 2 is 2.05 bits per heavy atom. The molecule has 0 aliphatic heterocycles. The summed E-state index contributed by atoms with van der Waals surface area (Å²) in [5.74, 6) is 0.126. The third kappa shape index (κ3) is 3.61. The molecule has 7 heteroatoms. The van der Waals surface area contributed by atoms with Crippen LogP contribution in [-0.4, -0.2) is 12.0 Å². The lowest BCUT2D eigenvalue weighted by Crippen LogP contribution is -2.00. The molecule has 21 heavy (non-hydrogen) atoms. The molecule has 0 radical (unpaired) electrons. The third-order valence-electron chi connectivity index (χ3n) is 2.76. The minimum atomic E-state index is -0.597. The summed E-state index contributed by atoms with van der Waals surface area (Å²) in [5, 5.41) is 10.8. The van der Waals surface area contributed by atoms with Gasteiger partial charge in [-0.1, -0.05) is 11.6 Å². The highest BCUT2D eigenvalue weighted by Gasteiger charge is 2.12. The highest BCUT2D eigenvalue weighted by molar-refractivity contribution is 6.30. The molecule has 2 aromatic carbocycles. The molecule has 0 aromatic heterocycles. The number of nitro groups is 1. The number of benzene rings is 2. The molecule has 0 bridgehead atoms. The Labute approximate surface area is 125 Å². The predicted molar refractivity (Wildman–Crippen MR) is 75.4 cm³/mol. The summed E-state index contributed by atoms with van der Waals surface area (Å²) >= 11 is 5.58. The Balaban J connectivity index is 2.19. The van der Waals surface area contributed by atoms with Crippen LogP contribution in [0.15, 0.2) is 36.4 Å². The second-order valence-electron chi connectivity index (χ2n) is 4.12. The molecule has 0 atom stereocenters. The van der Waals surface area contributed by atoms with Crippen molar-refractivity contribution < 1.29 is 18.8 Å². The molecule has 0 N–H and O–H groups in total. The second kappa shape index (κ2) is 6.41. The number of rotatable bonds is 5. The van der Waals surface area contributed by atoms with Gasteiger partial charge in [-0.25, -0.2) is 4.39 Å². The maximum atomic E-state index is 13.3. The van der Waals surface area contributed by atoms with Crippen molar-refractivity contribution in [2.75, 3.05) is 7.11 Å². The van der Waals surface area contributed by atoms with Crippen molar-refractivity contribution in [3.8, 4) is 11.5 Å². The second-order valence-corrected chi connectivity index (χ2v) is 4.53. The largest absolute Gasteiger partial charge is 0.496 e. The lowest BCUT2D eigenvalue weighted by atomic mass is 10.2. The Hall–Kier alpha value is -2.34. The zero-order valence-corrected chi connectivity index (χ0v) is 11.8. The van der Waals surface area contributed by atoms with Crippen molar-refractivity contribution >= 4 is 17.3 Å². The number of nitro benzene ring substituents is 1. The maximum absolute atomic E-state index is 13.3. The number of nitrogens with zero attached hydrogens (tertiary/aromatic N) is 1. The fraction of sp³-hybridized carbons (Fsp3) is 0.143. The molecule has 110 valence electrons. The number of hydrogen-bond acceptors (Lipinski definition) is 4. The van der Waals surface area contributed by atoms with Crippen molar-refractivity contribution in [1.29, 1.82) is 0 Å². The van der Waals surface area contributed by atoms with Gasteiger partial charge < -0.3 is 9.47 Å². The minimum absolute atomic E-state index is 0.00437. The van der Waals surface area contributed by atoms with Crippen LogP contribution < -0.4 is 9.47 Å². The molecule has 0 fully saturated rings. The lowest BCUT2D eigenvalue weighted by Gasteiger charge is -2.10. The maximum Gasteiger partial charge on any atom is 0.270 e. The van der Waals surface area contributed by atoms with Crippen LogP contribution >= 0.6 is 11.6 Å². The van der Waals surface area contributed by atoms with Gasteiger partial charge in [0.1, 0.15) is 23.9 Å². The van der Waals surface area contributed by atoms with E-state index in [0.29, 0.717) is 11.3 Å². The molecule has 0 unspecified atom stereocenters. The van der Waals surface area contributed by atoms with Gasteiger partial charge in [0.15, 0.2) is 0 Å². The Morgan fingerprint density at radius 1 is 1.29 bits per heavy atom. The standard InChI is InChI=1S/C14H11ClFNO4/c1-20-14-5-2-10(17(18)19)6-9(14)8-21-11-3-4-12(15)13(16)7-11/h2-7H,8H2,1H3. The summed E-state index contributed by atoms with van der Waals surface area (Å²) in [6.45, 7) is 0.00588. The van der Waals surface area contributed by atoms with Crippen molar-refractivity contribution in [1.82, 2.24) is 0 Å². The molecular formula is C14H11ClFNO4. The van der Waals surface area contributed by atoms with E-state index in [4.69, 9.17) is 21.1 Å². The number of hydrogen-bond donors (Lipinski definition) is 0. The highest BCUT2D eigenvalue weighted by atomic mass is 35.5. The van der Waals surface area contributed by atoms with E-state index in [1.807, 2.05) is 0 Å². The van der Waals surface area contributed by atoms with Crippen molar-refractivity contribution in [2.45, 2.75) is 6.61 Å². The van der Waals surface area contributed by atoms with Crippen LogP contribution in [0.5, 0.6) is 11.5 Å². The van der Waals surface area contributed by atoms with Crippen LogP contribution in [0.1, 0.15) is 5.56 Å². The SMILES string of the molecule is COc1ccc([N+](=O)[O-])cc1COc1ccc(Cl)c(F)c1. The zero-order chi connectivity index (χ0) is 15.4. The molecule has 0 saturated carbocycles. The monoisotopic (exact) mass is 311 g/mol. The van der Waals surface area contributed by atoms with Crippen LogP contribution in [0.25, 0.3) is 0 Å². The van der Waals surface area contributed by atoms with Crippen LogP contribution in [0, 0.1) is 15.9 Å². The van der Waals surface area contributed by atoms with E-state index in [-0.39, 0.29) is 23.1 Å². The van der Waals surface area contributed by atoms with E-state index in [0.717, 1.165) is 6.07 Å². The first-order valence-electron chi connectivity index (χ1n) is 5.90. The normalized spacial score (nSPS) is 10.2. The van der Waals surface area contributed by atoms with Crippen LogP contribution in [-0.2, 0) is 6.61 Å². The van der Waals surface area contributed by atoms with Crippen LogP contribution in [0.3, 0.4) is 0 Å². The van der Waals surface area contributed by atoms with E-state index < -0.39 is 10.7 Å². The summed E-state index contributed by atoms with van der Waals surface area (Å²) < 4.78 is 23.8. The molecule has 0 saturated heterocycles. The summed E-state index contributed by atoms with van der Waals surface area (Å²) in [5.41, 5.74) is 0.416. The quantitative estimate of drug-likeness (QED) is 0.619. The van der Waals surface area contributed by atoms with E-state index >= 15 is 0 Å². The molecule has 0 spiro atoms. The van der Waals surface area contributed by atoms with Gasteiger partial charge in [0.2, 0.25) is 0 Å². The zero-order valence-electron chi connectivity index (χ0n) is 11.0. The molecule has 0 heterocycles. The van der Waals surface area contributed by atoms with Crippen LogP contribution in [0.4, 0.5) is 10.1 Å². The number of halogens is 2. The summed E-state index contributed by atoms with van der Waals surface area (Å²) in [7, 11) is 1.45. The topological polar surface area (TPSA) is 61.6 Å². The van der Waals surface area contributed by atoms with Crippen molar-refractivity contribution in [3.05, 3.63) is 62.9 Å². The van der Waals surface area contributed by atoms with Gasteiger partial charge in [0.25, 0.3) is 5.69 Å². The van der Waals surface area contributed by atoms with Gasteiger partial charge in [0.05, 0.1) is 17.1 Å². The van der Waals surface area contributed by atoms with Crippen molar-refractivity contribution in [2.24, 2.45) is 0 Å². The molecule has 0 amide bonds. The van der Waals surface area contributed by atoms with E-state index in [9.17, 15) is 14.5 Å². The molecule has 0 aliphatic rings. The molecule has 0 aliphatic carbocycles.